The van der Waals surface area contributed by atoms with E-state index in [1.54, 1.807) is 11.3 Å². The van der Waals surface area contributed by atoms with Gasteiger partial charge in [0.25, 0.3) is 0 Å². The fourth-order valence-electron chi connectivity index (χ4n) is 3.90. The van der Waals surface area contributed by atoms with Gasteiger partial charge < -0.3 is 4.90 Å². The molecule has 1 aliphatic heterocycles. The lowest BCUT2D eigenvalue weighted by Gasteiger charge is -2.30. The summed E-state index contributed by atoms with van der Waals surface area (Å²) in [6, 6.07) is 18.6. The average Bonchev–Trinajstić information content (AvgIpc) is 3.28. The molecule has 1 atom stereocenters. The molecule has 5 heteroatoms. The van der Waals surface area contributed by atoms with Gasteiger partial charge >= 0.3 is 0 Å². The summed E-state index contributed by atoms with van der Waals surface area (Å²) in [4.78, 5) is 22.2. The lowest BCUT2D eigenvalue weighted by molar-refractivity contribution is -0.120. The molecule has 0 spiro atoms. The topological polar surface area (TPSA) is 36.4 Å². The van der Waals surface area contributed by atoms with Crippen molar-refractivity contribution in [1.29, 1.82) is 0 Å². The zero-order chi connectivity index (χ0) is 18.8. The first-order valence-corrected chi connectivity index (χ1v) is 10.4. The van der Waals surface area contributed by atoms with E-state index in [9.17, 15) is 4.79 Å². The summed E-state index contributed by atoms with van der Waals surface area (Å²) >= 11 is 1.76. The number of rotatable bonds is 5. The van der Waals surface area contributed by atoms with E-state index in [0.29, 0.717) is 6.54 Å². The van der Waals surface area contributed by atoms with Gasteiger partial charge in [-0.05, 0) is 57.5 Å². The first-order valence-electron chi connectivity index (χ1n) is 9.60. The van der Waals surface area contributed by atoms with Gasteiger partial charge in [-0.15, -0.1) is 11.3 Å². The van der Waals surface area contributed by atoms with Crippen LogP contribution in [0, 0.1) is 0 Å². The predicted octanol–water partition coefficient (Wildman–Crippen LogP) is 4.87. The van der Waals surface area contributed by atoms with E-state index in [1.807, 2.05) is 41.3 Å². The summed E-state index contributed by atoms with van der Waals surface area (Å²) in [5.41, 5.74) is 2.03. The fraction of sp³-hybridized carbons (Fsp3) is 0.364. The molecule has 1 amide bonds. The molecule has 140 valence electrons. The van der Waals surface area contributed by atoms with Crippen molar-refractivity contribution in [3.8, 4) is 0 Å². The number of hydrogen-bond donors (Lipinski definition) is 0. The van der Waals surface area contributed by atoms with Gasteiger partial charge in [-0.25, -0.2) is 4.98 Å². The number of carbonyl (C=O) groups is 1. The Morgan fingerprint density at radius 3 is 2.67 bits per heavy atom. The molecule has 3 aromatic rings. The van der Waals surface area contributed by atoms with Crippen LogP contribution in [0.25, 0.3) is 10.2 Å². The third-order valence-electron chi connectivity index (χ3n) is 5.12. The van der Waals surface area contributed by atoms with Crippen LogP contribution < -0.4 is 4.90 Å². The number of amides is 1. The Kier molecular flexibility index (Phi) is 5.23. The number of anilines is 1. The van der Waals surface area contributed by atoms with E-state index in [1.165, 1.54) is 4.70 Å². The molecular weight excluding hydrogens is 354 g/mol. The van der Waals surface area contributed by atoms with E-state index < -0.39 is 0 Å². The lowest BCUT2D eigenvalue weighted by atomic mass is 10.2. The molecule has 1 aromatic heterocycles. The van der Waals surface area contributed by atoms with Crippen LogP contribution in [0.3, 0.4) is 0 Å². The highest BCUT2D eigenvalue weighted by atomic mass is 32.1. The maximum absolute atomic E-state index is 13.2. The minimum Gasteiger partial charge on any atom is -0.309 e. The summed E-state index contributed by atoms with van der Waals surface area (Å²) in [7, 11) is 0. The third kappa shape index (κ3) is 3.75. The minimum atomic E-state index is 0.128. The summed E-state index contributed by atoms with van der Waals surface area (Å²) in [6.07, 6.45) is 2.18. The number of hydrogen-bond acceptors (Lipinski definition) is 4. The number of benzene rings is 2. The maximum Gasteiger partial charge on any atom is 0.241 e. The second kappa shape index (κ2) is 7.79. The Morgan fingerprint density at radius 1 is 1.19 bits per heavy atom. The number of nitrogens with zero attached hydrogens (tertiary/aromatic N) is 3. The Balaban J connectivity index is 1.54. The van der Waals surface area contributed by atoms with Crippen LogP contribution in [0.5, 0.6) is 0 Å². The molecule has 4 rings (SSSR count). The zero-order valence-corrected chi connectivity index (χ0v) is 16.7. The molecule has 2 aromatic carbocycles. The van der Waals surface area contributed by atoms with E-state index in [4.69, 9.17) is 4.98 Å². The molecule has 1 aliphatic rings. The van der Waals surface area contributed by atoms with Crippen molar-refractivity contribution in [2.45, 2.75) is 38.8 Å². The van der Waals surface area contributed by atoms with Gasteiger partial charge in [0, 0.05) is 11.7 Å². The second-order valence-corrected chi connectivity index (χ2v) is 8.40. The molecule has 1 saturated heterocycles. The molecular formula is C22H25N3OS. The normalized spacial score (nSPS) is 17.7. The van der Waals surface area contributed by atoms with Crippen LogP contribution in [0.4, 0.5) is 5.69 Å². The molecule has 4 nitrogen and oxygen atoms in total. The molecule has 0 saturated carbocycles. The summed E-state index contributed by atoms with van der Waals surface area (Å²) < 4.78 is 1.22. The van der Waals surface area contributed by atoms with Crippen molar-refractivity contribution in [3.05, 3.63) is 59.6 Å². The lowest BCUT2D eigenvalue weighted by Crippen LogP contribution is -2.43. The second-order valence-electron chi connectivity index (χ2n) is 7.34. The van der Waals surface area contributed by atoms with E-state index in [-0.39, 0.29) is 18.0 Å². The Hall–Kier alpha value is -2.24. The summed E-state index contributed by atoms with van der Waals surface area (Å²) in [5.74, 6) is 0.157. The van der Waals surface area contributed by atoms with Crippen molar-refractivity contribution >= 4 is 33.1 Å². The average molecular weight is 380 g/mol. The predicted molar refractivity (Wildman–Crippen MR) is 112 cm³/mol. The number of para-hydroxylation sites is 2. The third-order valence-corrected chi connectivity index (χ3v) is 6.25. The van der Waals surface area contributed by atoms with Crippen LogP contribution in [0.2, 0.25) is 0 Å². The number of thiazole rings is 1. The molecule has 1 fully saturated rings. The van der Waals surface area contributed by atoms with E-state index in [0.717, 1.165) is 35.6 Å². The van der Waals surface area contributed by atoms with Crippen LogP contribution in [0.1, 0.15) is 37.7 Å². The Labute approximate surface area is 164 Å². The number of aromatic nitrogens is 1. The quantitative estimate of drug-likeness (QED) is 0.634. The number of fused-ring (bicyclic) bond motifs is 1. The van der Waals surface area contributed by atoms with Crippen molar-refractivity contribution in [2.75, 3.05) is 18.0 Å². The van der Waals surface area contributed by atoms with Gasteiger partial charge in [-0.1, -0.05) is 30.3 Å². The molecule has 27 heavy (non-hydrogen) atoms. The fourth-order valence-corrected chi connectivity index (χ4v) is 5.03. The number of likely N-dealkylation sites (tertiary alicyclic amines) is 1. The summed E-state index contributed by atoms with van der Waals surface area (Å²) in [6.45, 7) is 5.53. The minimum absolute atomic E-state index is 0.128. The molecule has 2 heterocycles. The van der Waals surface area contributed by atoms with Gasteiger partial charge in [-0.2, -0.15) is 0 Å². The number of carbonyl (C=O) groups excluding carboxylic acids is 1. The first kappa shape index (κ1) is 18.1. The SMILES string of the molecule is CC(C)N(C(=O)CN1CCCC1c1nc2ccccc2s1)c1ccccc1. The zero-order valence-electron chi connectivity index (χ0n) is 15.8. The van der Waals surface area contributed by atoms with Crippen LogP contribution in [-0.2, 0) is 4.79 Å². The van der Waals surface area contributed by atoms with Crippen molar-refractivity contribution < 1.29 is 4.79 Å². The highest BCUT2D eigenvalue weighted by molar-refractivity contribution is 7.18. The van der Waals surface area contributed by atoms with Crippen molar-refractivity contribution in [2.24, 2.45) is 0 Å². The Morgan fingerprint density at radius 2 is 1.93 bits per heavy atom. The van der Waals surface area contributed by atoms with Crippen LogP contribution >= 0.6 is 11.3 Å². The van der Waals surface area contributed by atoms with Crippen LogP contribution in [0.15, 0.2) is 54.6 Å². The van der Waals surface area contributed by atoms with E-state index in [2.05, 4.69) is 36.9 Å². The standard InChI is InChI=1S/C22H25N3OS/c1-16(2)25(17-9-4-3-5-10-17)21(26)15-24-14-8-12-19(24)22-23-18-11-6-7-13-20(18)27-22/h3-7,9-11,13,16,19H,8,12,14-15H2,1-2H3. The first-order chi connectivity index (χ1) is 13.1. The van der Waals surface area contributed by atoms with Crippen molar-refractivity contribution in [1.82, 2.24) is 9.88 Å². The molecule has 0 N–H and O–H groups in total. The van der Waals surface area contributed by atoms with Crippen LogP contribution in [-0.4, -0.2) is 34.9 Å². The molecule has 0 bridgehead atoms. The highest BCUT2D eigenvalue weighted by Crippen LogP contribution is 2.36. The smallest absolute Gasteiger partial charge is 0.241 e. The largest absolute Gasteiger partial charge is 0.309 e. The molecule has 0 radical (unpaired) electrons. The van der Waals surface area contributed by atoms with Gasteiger partial charge in [0.2, 0.25) is 5.91 Å². The van der Waals surface area contributed by atoms with Gasteiger partial charge in [-0.3, -0.25) is 9.69 Å². The van der Waals surface area contributed by atoms with Gasteiger partial charge in [0.05, 0.1) is 22.8 Å². The summed E-state index contributed by atoms with van der Waals surface area (Å²) in [5, 5.41) is 1.14. The van der Waals surface area contributed by atoms with Gasteiger partial charge in [0.15, 0.2) is 0 Å². The van der Waals surface area contributed by atoms with Crippen molar-refractivity contribution in [3.63, 3.8) is 0 Å². The monoisotopic (exact) mass is 379 g/mol. The maximum atomic E-state index is 13.2. The highest BCUT2D eigenvalue weighted by Gasteiger charge is 2.32. The van der Waals surface area contributed by atoms with Gasteiger partial charge in [0.1, 0.15) is 5.01 Å². The van der Waals surface area contributed by atoms with E-state index >= 15 is 0 Å². The molecule has 1 unspecified atom stereocenters. The Bertz CT molecular complexity index is 888. The molecule has 0 aliphatic carbocycles.